The fourth-order valence-electron chi connectivity index (χ4n) is 4.79. The molecule has 0 aliphatic carbocycles. The highest BCUT2D eigenvalue weighted by molar-refractivity contribution is 5.87. The van der Waals surface area contributed by atoms with Gasteiger partial charge in [-0.15, -0.1) is 0 Å². The Hall–Kier alpha value is -4.46. The van der Waals surface area contributed by atoms with Gasteiger partial charge in [0.1, 0.15) is 0 Å². The number of fused-ring (bicyclic) bond motifs is 2. The second kappa shape index (κ2) is 10.3. The monoisotopic (exact) mass is 550 g/mol. The summed E-state index contributed by atoms with van der Waals surface area (Å²) in [6.07, 6.45) is -8.59. The van der Waals surface area contributed by atoms with E-state index >= 15 is 0 Å². The van der Waals surface area contributed by atoms with Gasteiger partial charge in [0.15, 0.2) is 0 Å². The Bertz CT molecular complexity index is 1640. The first-order valence-corrected chi connectivity index (χ1v) is 12.4. The van der Waals surface area contributed by atoms with E-state index in [1.807, 2.05) is 83.9 Å². The lowest BCUT2D eigenvalue weighted by molar-refractivity contribution is -0.138. The van der Waals surface area contributed by atoms with Crippen LogP contribution in [0.2, 0.25) is 0 Å². The molecule has 0 aliphatic heterocycles. The zero-order valence-electron chi connectivity index (χ0n) is 21.6. The molecule has 0 saturated heterocycles. The van der Waals surface area contributed by atoms with E-state index in [0.29, 0.717) is 0 Å². The van der Waals surface area contributed by atoms with Gasteiger partial charge in [0.25, 0.3) is 0 Å². The maximum atomic E-state index is 12.6. The quantitative estimate of drug-likeness (QED) is 0.190. The van der Waals surface area contributed by atoms with Crippen LogP contribution in [0.15, 0.2) is 109 Å². The second-order valence-corrected chi connectivity index (χ2v) is 9.45. The molecule has 0 fully saturated rings. The first-order chi connectivity index (χ1) is 18.9. The number of aromatic nitrogens is 2. The summed E-state index contributed by atoms with van der Waals surface area (Å²) in [5.41, 5.74) is 4.22. The largest absolute Gasteiger partial charge is 0.416 e. The molecule has 8 heteroatoms. The molecule has 6 aromatic rings. The van der Waals surface area contributed by atoms with Crippen molar-refractivity contribution in [1.29, 1.82) is 0 Å². The number of halogens is 6. The van der Waals surface area contributed by atoms with E-state index in [2.05, 4.69) is 0 Å². The molecule has 0 saturated carbocycles. The van der Waals surface area contributed by atoms with E-state index in [4.69, 9.17) is 0 Å². The first kappa shape index (κ1) is 27.1. The molecule has 2 aromatic heterocycles. The van der Waals surface area contributed by atoms with E-state index in [1.54, 1.807) is 0 Å². The topological polar surface area (TPSA) is 9.86 Å². The van der Waals surface area contributed by atoms with E-state index < -0.39 is 23.5 Å². The maximum absolute atomic E-state index is 12.6. The molecular formula is C32H24F6N2. The average Bonchev–Trinajstić information content (AvgIpc) is 3.45. The highest BCUT2D eigenvalue weighted by atomic mass is 19.4. The van der Waals surface area contributed by atoms with E-state index in [9.17, 15) is 26.3 Å². The van der Waals surface area contributed by atoms with Crippen LogP contribution in [0.5, 0.6) is 0 Å². The molecule has 204 valence electrons. The predicted octanol–water partition coefficient (Wildman–Crippen LogP) is 9.73. The van der Waals surface area contributed by atoms with Crippen LogP contribution in [-0.2, 0) is 26.4 Å². The van der Waals surface area contributed by atoms with Gasteiger partial charge in [-0.05, 0) is 59.7 Å². The minimum atomic E-state index is -4.29. The molecule has 0 unspecified atom stereocenters. The van der Waals surface area contributed by atoms with Gasteiger partial charge in [-0.2, -0.15) is 26.3 Å². The number of hydrogen-bond acceptors (Lipinski definition) is 0. The normalized spacial score (nSPS) is 12.0. The Labute approximate surface area is 226 Å². The smallest absolute Gasteiger partial charge is 0.344 e. The molecule has 0 aliphatic rings. The van der Waals surface area contributed by atoms with Crippen molar-refractivity contribution in [2.75, 3.05) is 0 Å². The molecule has 2 nitrogen and oxygen atoms in total. The Kier molecular flexibility index (Phi) is 6.96. The van der Waals surface area contributed by atoms with Gasteiger partial charge in [0.05, 0.1) is 11.1 Å². The van der Waals surface area contributed by atoms with Crippen LogP contribution in [0.4, 0.5) is 26.3 Å². The summed E-state index contributed by atoms with van der Waals surface area (Å²) in [5, 5.41) is 2.15. The zero-order chi connectivity index (χ0) is 28.7. The van der Waals surface area contributed by atoms with Crippen LogP contribution >= 0.6 is 0 Å². The van der Waals surface area contributed by atoms with Gasteiger partial charge in [0, 0.05) is 47.3 Å². The van der Waals surface area contributed by atoms with E-state index in [1.165, 1.54) is 24.3 Å². The third-order valence-electron chi connectivity index (χ3n) is 6.92. The number of aryl methyl sites for hydroxylation is 2. The van der Waals surface area contributed by atoms with Crippen molar-refractivity contribution >= 4 is 21.8 Å². The van der Waals surface area contributed by atoms with Crippen LogP contribution in [-0.4, -0.2) is 9.13 Å². The molecule has 0 spiro atoms. The molecule has 2 heterocycles. The number of alkyl halides is 6. The molecule has 40 heavy (non-hydrogen) atoms. The van der Waals surface area contributed by atoms with Crippen molar-refractivity contribution in [2.45, 2.75) is 12.4 Å². The van der Waals surface area contributed by atoms with Crippen LogP contribution in [0.25, 0.3) is 44.3 Å². The fraction of sp³-hybridized carbons (Fsp3) is 0.125. The van der Waals surface area contributed by atoms with Crippen molar-refractivity contribution in [2.24, 2.45) is 14.1 Å². The molecule has 0 radical (unpaired) electrons. The molecule has 0 bridgehead atoms. The van der Waals surface area contributed by atoms with Gasteiger partial charge in [0.2, 0.25) is 0 Å². The van der Waals surface area contributed by atoms with E-state index in [-0.39, 0.29) is 0 Å². The third-order valence-corrected chi connectivity index (χ3v) is 6.92. The number of para-hydroxylation sites is 2. The minimum Gasteiger partial charge on any atom is -0.344 e. The lowest BCUT2D eigenvalue weighted by Gasteiger charge is -2.08. The summed E-state index contributed by atoms with van der Waals surface area (Å²) in [6.45, 7) is 0. The lowest BCUT2D eigenvalue weighted by atomic mass is 10.1. The predicted molar refractivity (Wildman–Crippen MR) is 147 cm³/mol. The number of nitrogens with zero attached hydrogens (tertiary/aromatic N) is 2. The van der Waals surface area contributed by atoms with Crippen molar-refractivity contribution in [3.05, 3.63) is 120 Å². The molecule has 0 amide bonds. The fourth-order valence-corrected chi connectivity index (χ4v) is 4.79. The van der Waals surface area contributed by atoms with E-state index in [0.717, 1.165) is 68.6 Å². The molecule has 0 atom stereocenters. The summed E-state index contributed by atoms with van der Waals surface area (Å²) >= 11 is 0. The van der Waals surface area contributed by atoms with Gasteiger partial charge in [-0.3, -0.25) is 0 Å². The van der Waals surface area contributed by atoms with Gasteiger partial charge in [-0.25, -0.2) is 0 Å². The van der Waals surface area contributed by atoms with Crippen molar-refractivity contribution in [3.8, 4) is 22.5 Å². The Balaban J connectivity index is 0.000000161. The highest BCUT2D eigenvalue weighted by Crippen LogP contribution is 2.34. The van der Waals surface area contributed by atoms with Crippen molar-refractivity contribution in [1.82, 2.24) is 9.13 Å². The van der Waals surface area contributed by atoms with Gasteiger partial charge in [-0.1, -0.05) is 60.7 Å². The Morgan fingerprint density at radius 2 is 0.775 bits per heavy atom. The van der Waals surface area contributed by atoms with Crippen LogP contribution in [0.1, 0.15) is 11.1 Å². The third kappa shape index (κ3) is 5.34. The van der Waals surface area contributed by atoms with Crippen LogP contribution < -0.4 is 0 Å². The number of hydrogen-bond donors (Lipinski definition) is 0. The summed E-state index contributed by atoms with van der Waals surface area (Å²) < 4.78 is 79.3. The SMILES string of the molecule is Cn1c(-c2ccc(C(F)(F)F)cc2)cc2ccccc21.Cn1c(-c2ccc(C(F)(F)F)cc2)cc2ccccc21. The molecule has 0 N–H and O–H groups in total. The minimum absolute atomic E-state index is 0.625. The lowest BCUT2D eigenvalue weighted by Crippen LogP contribution is -2.04. The number of rotatable bonds is 2. The molecule has 6 rings (SSSR count). The molecule has 4 aromatic carbocycles. The Morgan fingerprint density at radius 1 is 0.450 bits per heavy atom. The zero-order valence-corrected chi connectivity index (χ0v) is 21.6. The Morgan fingerprint density at radius 3 is 1.07 bits per heavy atom. The molecular weight excluding hydrogens is 526 g/mol. The summed E-state index contributed by atoms with van der Waals surface area (Å²) in [4.78, 5) is 0. The standard InChI is InChI=1S/2C16H12F3N/c2*1-20-14-5-3-2-4-12(14)10-15(20)11-6-8-13(9-7-11)16(17,18)19/h2*2-10H,1H3. The summed E-state index contributed by atoms with van der Waals surface area (Å²) in [7, 11) is 3.82. The van der Waals surface area contributed by atoms with Gasteiger partial charge >= 0.3 is 12.4 Å². The summed E-state index contributed by atoms with van der Waals surface area (Å²) in [5.74, 6) is 0. The summed E-state index contributed by atoms with van der Waals surface area (Å²) in [6, 6.07) is 30.2. The highest BCUT2D eigenvalue weighted by Gasteiger charge is 2.30. The van der Waals surface area contributed by atoms with Crippen molar-refractivity contribution in [3.63, 3.8) is 0 Å². The average molecular weight is 551 g/mol. The maximum Gasteiger partial charge on any atom is 0.416 e. The first-order valence-electron chi connectivity index (χ1n) is 12.4. The van der Waals surface area contributed by atoms with Gasteiger partial charge < -0.3 is 9.13 Å². The van der Waals surface area contributed by atoms with Crippen molar-refractivity contribution < 1.29 is 26.3 Å². The van der Waals surface area contributed by atoms with Crippen LogP contribution in [0, 0.1) is 0 Å². The second-order valence-electron chi connectivity index (χ2n) is 9.45. The van der Waals surface area contributed by atoms with Crippen LogP contribution in [0.3, 0.4) is 0 Å². The number of benzene rings is 4.